The summed E-state index contributed by atoms with van der Waals surface area (Å²) in [5.41, 5.74) is 1.57. The summed E-state index contributed by atoms with van der Waals surface area (Å²) in [6.45, 7) is 9.74. The molecule has 0 aliphatic heterocycles. The summed E-state index contributed by atoms with van der Waals surface area (Å²) in [6, 6.07) is 13.0. The molecule has 0 saturated heterocycles. The second kappa shape index (κ2) is 16.2. The number of hydrogen-bond acceptors (Lipinski definition) is 6. The minimum Gasteiger partial charge on any atom is -0.497 e. The van der Waals surface area contributed by atoms with E-state index in [0.717, 1.165) is 24.8 Å². The lowest BCUT2D eigenvalue weighted by atomic mass is 9.99. The van der Waals surface area contributed by atoms with Crippen LogP contribution < -0.4 is 15.4 Å². The fourth-order valence-electron chi connectivity index (χ4n) is 4.24. The van der Waals surface area contributed by atoms with E-state index in [0.29, 0.717) is 35.7 Å². The van der Waals surface area contributed by atoms with Gasteiger partial charge in [-0.1, -0.05) is 49.6 Å². The van der Waals surface area contributed by atoms with Crippen LogP contribution in [0.2, 0.25) is 0 Å². The summed E-state index contributed by atoms with van der Waals surface area (Å²) >= 11 is 1.59. The molecule has 0 bridgehead atoms. The minimum absolute atomic E-state index is 0.313. The Morgan fingerprint density at radius 2 is 1.75 bits per heavy atom. The maximum Gasteiger partial charge on any atom is 0.408 e. The van der Waals surface area contributed by atoms with Gasteiger partial charge in [0, 0.05) is 12.2 Å². The molecule has 40 heavy (non-hydrogen) atoms. The molecule has 0 aromatic heterocycles. The number of benzene rings is 2. The number of amides is 3. The Bertz CT molecular complexity index is 1100. The second-order valence-corrected chi connectivity index (χ2v) is 11.7. The van der Waals surface area contributed by atoms with Crippen LogP contribution in [0.25, 0.3) is 0 Å². The van der Waals surface area contributed by atoms with Crippen LogP contribution >= 0.6 is 11.8 Å². The summed E-state index contributed by atoms with van der Waals surface area (Å²) in [6.07, 6.45) is 4.29. The molecule has 2 atom stereocenters. The molecule has 0 aliphatic rings. The predicted molar refractivity (Wildman–Crippen MR) is 163 cm³/mol. The van der Waals surface area contributed by atoms with E-state index in [9.17, 15) is 14.4 Å². The Balaban J connectivity index is 2.50. The molecule has 0 heterocycles. The van der Waals surface area contributed by atoms with E-state index in [1.165, 1.54) is 0 Å². The third kappa shape index (κ3) is 10.8. The first kappa shape index (κ1) is 33.0. The van der Waals surface area contributed by atoms with Crippen molar-refractivity contribution in [2.75, 3.05) is 31.0 Å². The summed E-state index contributed by atoms with van der Waals surface area (Å²) in [4.78, 5) is 42.5. The zero-order valence-corrected chi connectivity index (χ0v) is 25.7. The number of carbonyl (C=O) groups is 3. The average Bonchev–Trinajstić information content (AvgIpc) is 2.89. The molecule has 0 spiro atoms. The topological polar surface area (TPSA) is 97.0 Å². The molecule has 3 amide bonds. The molecule has 9 heteroatoms. The molecule has 8 nitrogen and oxygen atoms in total. The van der Waals surface area contributed by atoms with Gasteiger partial charge in [0.05, 0.1) is 7.11 Å². The van der Waals surface area contributed by atoms with Crippen molar-refractivity contribution in [3.63, 3.8) is 0 Å². The standard InChI is InChI=1S/C31H45N3O5S/c1-8-9-10-19-34(29(36)26(18-20-40-7)33-30(37)39-31(3,4)5)27(23-13-11-12-22(2)21-23)28(35)32-24-14-16-25(38-6)17-15-24/h11-17,21,26-27H,8-10,18-20H2,1-7H3,(H,32,35)(H,33,37). The highest BCUT2D eigenvalue weighted by Gasteiger charge is 2.36. The van der Waals surface area contributed by atoms with Crippen molar-refractivity contribution >= 4 is 35.4 Å². The third-order valence-corrected chi connectivity index (χ3v) is 6.80. The van der Waals surface area contributed by atoms with Crippen molar-refractivity contribution in [2.24, 2.45) is 0 Å². The lowest BCUT2D eigenvalue weighted by Crippen LogP contribution is -2.52. The van der Waals surface area contributed by atoms with Crippen molar-refractivity contribution in [3.8, 4) is 5.75 Å². The van der Waals surface area contributed by atoms with E-state index in [1.807, 2.05) is 37.4 Å². The first-order valence-corrected chi connectivity index (χ1v) is 15.2. The zero-order valence-electron chi connectivity index (χ0n) is 24.9. The van der Waals surface area contributed by atoms with Crippen molar-refractivity contribution in [1.82, 2.24) is 10.2 Å². The number of nitrogens with zero attached hydrogens (tertiary/aromatic N) is 1. The number of nitrogens with one attached hydrogen (secondary N) is 2. The quantitative estimate of drug-likeness (QED) is 0.257. The summed E-state index contributed by atoms with van der Waals surface area (Å²) in [7, 11) is 1.58. The normalized spacial score (nSPS) is 12.7. The minimum atomic E-state index is -0.899. The summed E-state index contributed by atoms with van der Waals surface area (Å²) in [5, 5.41) is 5.77. The number of thioether (sulfide) groups is 1. The Labute approximate surface area is 243 Å². The average molecular weight is 572 g/mol. The number of rotatable bonds is 14. The van der Waals surface area contributed by atoms with Gasteiger partial charge in [-0.15, -0.1) is 0 Å². The smallest absolute Gasteiger partial charge is 0.408 e. The second-order valence-electron chi connectivity index (χ2n) is 10.8. The number of hydrogen-bond donors (Lipinski definition) is 2. The lowest BCUT2D eigenvalue weighted by molar-refractivity contribution is -0.141. The Morgan fingerprint density at radius 1 is 1.05 bits per heavy atom. The Morgan fingerprint density at radius 3 is 2.33 bits per heavy atom. The number of unbranched alkanes of at least 4 members (excludes halogenated alkanes) is 2. The Hall–Kier alpha value is -3.20. The van der Waals surface area contributed by atoms with Crippen LogP contribution in [0.15, 0.2) is 48.5 Å². The van der Waals surface area contributed by atoms with E-state index in [2.05, 4.69) is 17.6 Å². The van der Waals surface area contributed by atoms with Gasteiger partial charge in [0.15, 0.2) is 0 Å². The highest BCUT2D eigenvalue weighted by atomic mass is 32.2. The van der Waals surface area contributed by atoms with Gasteiger partial charge in [-0.05, 0) is 82.4 Å². The van der Waals surface area contributed by atoms with E-state index < -0.39 is 23.8 Å². The van der Waals surface area contributed by atoms with Gasteiger partial charge in [-0.2, -0.15) is 11.8 Å². The van der Waals surface area contributed by atoms with Crippen molar-refractivity contribution < 1.29 is 23.9 Å². The molecular formula is C31H45N3O5S. The largest absolute Gasteiger partial charge is 0.497 e. The molecule has 0 radical (unpaired) electrons. The lowest BCUT2D eigenvalue weighted by Gasteiger charge is -2.34. The van der Waals surface area contributed by atoms with Crippen LogP contribution in [0.1, 0.15) is 70.5 Å². The zero-order chi connectivity index (χ0) is 29.7. The van der Waals surface area contributed by atoms with Gasteiger partial charge in [0.25, 0.3) is 5.91 Å². The first-order valence-electron chi connectivity index (χ1n) is 13.8. The molecule has 2 aromatic rings. The summed E-state index contributed by atoms with van der Waals surface area (Å²) in [5.74, 6) is 0.686. The van der Waals surface area contributed by atoms with Gasteiger partial charge in [0.1, 0.15) is 23.4 Å². The van der Waals surface area contributed by atoms with E-state index >= 15 is 0 Å². The number of aryl methyl sites for hydroxylation is 1. The maximum atomic E-state index is 14.2. The van der Waals surface area contributed by atoms with Gasteiger partial charge >= 0.3 is 6.09 Å². The van der Waals surface area contributed by atoms with E-state index in [4.69, 9.17) is 9.47 Å². The number of carbonyl (C=O) groups excluding carboxylic acids is 3. The summed E-state index contributed by atoms with van der Waals surface area (Å²) < 4.78 is 10.7. The van der Waals surface area contributed by atoms with Crippen LogP contribution in [0.5, 0.6) is 5.75 Å². The van der Waals surface area contributed by atoms with Gasteiger partial charge in [-0.3, -0.25) is 9.59 Å². The highest BCUT2D eigenvalue weighted by Crippen LogP contribution is 2.27. The molecule has 2 aromatic carbocycles. The van der Waals surface area contributed by atoms with Crippen LogP contribution in [-0.2, 0) is 14.3 Å². The molecule has 0 aliphatic carbocycles. The highest BCUT2D eigenvalue weighted by molar-refractivity contribution is 7.98. The predicted octanol–water partition coefficient (Wildman–Crippen LogP) is 6.35. The number of alkyl carbamates (subject to hydrolysis) is 1. The molecule has 2 unspecified atom stereocenters. The monoisotopic (exact) mass is 571 g/mol. The van der Waals surface area contributed by atoms with Gasteiger partial charge in [0.2, 0.25) is 5.91 Å². The van der Waals surface area contributed by atoms with Gasteiger partial charge < -0.3 is 25.0 Å². The maximum absolute atomic E-state index is 14.2. The van der Waals surface area contributed by atoms with E-state index in [1.54, 1.807) is 68.8 Å². The van der Waals surface area contributed by atoms with Gasteiger partial charge in [-0.25, -0.2) is 4.79 Å². The number of ether oxygens (including phenoxy) is 2. The van der Waals surface area contributed by atoms with Crippen molar-refractivity contribution in [2.45, 2.75) is 78.0 Å². The van der Waals surface area contributed by atoms with Crippen molar-refractivity contribution in [1.29, 1.82) is 0 Å². The molecule has 220 valence electrons. The van der Waals surface area contributed by atoms with Crippen LogP contribution in [0.4, 0.5) is 10.5 Å². The molecule has 2 rings (SSSR count). The number of methoxy groups -OCH3 is 1. The third-order valence-electron chi connectivity index (χ3n) is 6.16. The number of anilines is 1. The van der Waals surface area contributed by atoms with Crippen LogP contribution in [0, 0.1) is 6.92 Å². The first-order chi connectivity index (χ1) is 19.0. The van der Waals surface area contributed by atoms with E-state index in [-0.39, 0.29) is 11.8 Å². The fraction of sp³-hybridized carbons (Fsp3) is 0.516. The van der Waals surface area contributed by atoms with Crippen LogP contribution in [0.3, 0.4) is 0 Å². The molecular weight excluding hydrogens is 526 g/mol. The van der Waals surface area contributed by atoms with Crippen LogP contribution in [-0.4, -0.2) is 60.1 Å². The SMILES string of the molecule is CCCCCN(C(=O)C(CCSC)NC(=O)OC(C)(C)C)C(C(=O)Nc1ccc(OC)cc1)c1cccc(C)c1. The molecule has 0 saturated carbocycles. The van der Waals surface area contributed by atoms with Crippen molar-refractivity contribution in [3.05, 3.63) is 59.7 Å². The fourth-order valence-corrected chi connectivity index (χ4v) is 4.71. The Kier molecular flexibility index (Phi) is 13.3. The molecule has 0 fully saturated rings. The molecule has 2 N–H and O–H groups in total.